The summed E-state index contributed by atoms with van der Waals surface area (Å²) in [5.74, 6) is -0.922. The van der Waals surface area contributed by atoms with Crippen LogP contribution in [0.25, 0.3) is 17.1 Å². The van der Waals surface area contributed by atoms with Gasteiger partial charge in [-0.3, -0.25) is 9.48 Å². The zero-order chi connectivity index (χ0) is 22.2. The molecule has 0 aromatic carbocycles. The molecule has 0 saturated carbocycles. The molecule has 31 heavy (non-hydrogen) atoms. The fourth-order valence-electron chi connectivity index (χ4n) is 2.73. The number of hydrogen-bond donors (Lipinski definition) is 1. The Balaban J connectivity index is 1.68. The minimum absolute atomic E-state index is 0.0189. The molecule has 0 spiro atoms. The van der Waals surface area contributed by atoms with Gasteiger partial charge in [0, 0.05) is 18.8 Å². The Kier molecular flexibility index (Phi) is 4.95. The fourth-order valence-corrected chi connectivity index (χ4v) is 3.55. The monoisotopic (exact) mass is 445 g/mol. The zero-order valence-corrected chi connectivity index (χ0v) is 16.3. The first-order chi connectivity index (χ1) is 14.8. The number of pyridine rings is 1. The number of aryl methyl sites for hydroxylation is 1. The lowest BCUT2D eigenvalue weighted by molar-refractivity contribution is -0.137. The predicted octanol–water partition coefficient (Wildman–Crippen LogP) is 2.66. The molecule has 1 amide bonds. The van der Waals surface area contributed by atoms with Crippen LogP contribution in [0.15, 0.2) is 37.1 Å². The first-order valence-corrected chi connectivity index (χ1v) is 9.19. The standard InChI is InChI=1S/C17H10F3N9OS/c1-28-8-10(6-25-28)13-12(17(18,19)20)14(31-27-13)16(30)26-11-4-9(5-21)15(22-7-11)29-23-2-3-24-29/h2-4,6-8H,1H3,(H,26,30). The smallest absolute Gasteiger partial charge is 0.320 e. The quantitative estimate of drug-likeness (QED) is 0.512. The molecular weight excluding hydrogens is 435 g/mol. The lowest BCUT2D eigenvalue weighted by Gasteiger charge is -2.10. The summed E-state index contributed by atoms with van der Waals surface area (Å²) in [6.07, 6.45) is 1.75. The maximum atomic E-state index is 13.7. The van der Waals surface area contributed by atoms with Crippen LogP contribution in [0.4, 0.5) is 18.9 Å². The van der Waals surface area contributed by atoms with Crippen molar-refractivity contribution < 1.29 is 18.0 Å². The first kappa shape index (κ1) is 20.2. The Labute approximate surface area is 175 Å². The van der Waals surface area contributed by atoms with Gasteiger partial charge in [-0.05, 0) is 17.6 Å². The van der Waals surface area contributed by atoms with E-state index in [2.05, 4.69) is 30.0 Å². The van der Waals surface area contributed by atoms with Crippen LogP contribution in [0.5, 0.6) is 0 Å². The molecule has 0 fully saturated rings. The first-order valence-electron chi connectivity index (χ1n) is 8.42. The summed E-state index contributed by atoms with van der Waals surface area (Å²) in [6, 6.07) is 3.15. The van der Waals surface area contributed by atoms with Crippen molar-refractivity contribution in [3.63, 3.8) is 0 Å². The van der Waals surface area contributed by atoms with Crippen molar-refractivity contribution >= 4 is 23.1 Å². The van der Waals surface area contributed by atoms with Crippen LogP contribution in [-0.4, -0.2) is 40.0 Å². The Morgan fingerprint density at radius 3 is 2.58 bits per heavy atom. The Hall–Kier alpha value is -4.12. The molecule has 4 rings (SSSR count). The average Bonchev–Trinajstić information content (AvgIpc) is 3.47. The third-order valence-corrected chi connectivity index (χ3v) is 4.86. The highest BCUT2D eigenvalue weighted by atomic mass is 32.1. The van der Waals surface area contributed by atoms with Crippen molar-refractivity contribution in [3.05, 3.63) is 53.1 Å². The van der Waals surface area contributed by atoms with Crippen LogP contribution in [0.3, 0.4) is 0 Å². The van der Waals surface area contributed by atoms with Crippen LogP contribution in [0.2, 0.25) is 0 Å². The molecule has 0 saturated heterocycles. The van der Waals surface area contributed by atoms with Crippen molar-refractivity contribution in [1.29, 1.82) is 5.26 Å². The number of hydrogen-bond acceptors (Lipinski definition) is 8. The second-order valence-electron chi connectivity index (χ2n) is 6.12. The topological polar surface area (TPSA) is 127 Å². The van der Waals surface area contributed by atoms with Gasteiger partial charge in [-0.15, -0.1) is 4.80 Å². The van der Waals surface area contributed by atoms with E-state index in [0.717, 1.165) is 4.80 Å². The minimum atomic E-state index is -4.82. The molecule has 0 aliphatic carbocycles. The normalized spacial score (nSPS) is 11.3. The SMILES string of the molecule is Cn1cc(-c2nsc(C(=O)Nc3cnc(-n4nccn4)c(C#N)c3)c2C(F)(F)F)cn1. The zero-order valence-electron chi connectivity index (χ0n) is 15.5. The van der Waals surface area contributed by atoms with E-state index in [4.69, 9.17) is 0 Å². The van der Waals surface area contributed by atoms with Gasteiger partial charge in [0.1, 0.15) is 27.8 Å². The van der Waals surface area contributed by atoms with Crippen molar-refractivity contribution in [2.75, 3.05) is 5.32 Å². The van der Waals surface area contributed by atoms with E-state index in [1.807, 2.05) is 6.07 Å². The number of carbonyl (C=O) groups is 1. The Bertz CT molecular complexity index is 1300. The molecular formula is C17H10F3N9OS. The summed E-state index contributed by atoms with van der Waals surface area (Å²) >= 11 is 0.417. The number of rotatable bonds is 4. The predicted molar refractivity (Wildman–Crippen MR) is 101 cm³/mol. The van der Waals surface area contributed by atoms with Gasteiger partial charge >= 0.3 is 6.18 Å². The molecule has 4 heterocycles. The van der Waals surface area contributed by atoms with E-state index < -0.39 is 22.5 Å². The second kappa shape index (κ2) is 7.61. The minimum Gasteiger partial charge on any atom is -0.320 e. The van der Waals surface area contributed by atoms with E-state index in [0.29, 0.717) is 11.5 Å². The van der Waals surface area contributed by atoms with Gasteiger partial charge in [0.05, 0.1) is 30.5 Å². The molecule has 4 aromatic rings. The molecule has 10 nitrogen and oxygen atoms in total. The number of nitrogens with zero attached hydrogens (tertiary/aromatic N) is 8. The van der Waals surface area contributed by atoms with Gasteiger partial charge in [-0.25, -0.2) is 4.98 Å². The Morgan fingerprint density at radius 1 is 1.23 bits per heavy atom. The highest BCUT2D eigenvalue weighted by Gasteiger charge is 2.41. The maximum absolute atomic E-state index is 13.7. The number of alkyl halides is 3. The average molecular weight is 445 g/mol. The van der Waals surface area contributed by atoms with Crippen molar-refractivity contribution in [2.45, 2.75) is 6.18 Å². The van der Waals surface area contributed by atoms with Gasteiger partial charge in [0.25, 0.3) is 5.91 Å². The summed E-state index contributed by atoms with van der Waals surface area (Å²) in [5.41, 5.74) is -1.36. The van der Waals surface area contributed by atoms with E-state index >= 15 is 0 Å². The summed E-state index contributed by atoms with van der Waals surface area (Å²) < 4.78 is 46.4. The lowest BCUT2D eigenvalue weighted by atomic mass is 10.1. The van der Waals surface area contributed by atoms with Gasteiger partial charge < -0.3 is 5.32 Å². The van der Waals surface area contributed by atoms with Crippen LogP contribution in [0.1, 0.15) is 20.8 Å². The van der Waals surface area contributed by atoms with Crippen molar-refractivity contribution in [1.82, 2.24) is 34.1 Å². The highest BCUT2D eigenvalue weighted by molar-refractivity contribution is 7.08. The lowest BCUT2D eigenvalue weighted by Crippen LogP contribution is -2.17. The van der Waals surface area contributed by atoms with Crippen LogP contribution in [0, 0.1) is 11.3 Å². The maximum Gasteiger partial charge on any atom is 0.420 e. The van der Waals surface area contributed by atoms with Crippen LogP contribution < -0.4 is 5.32 Å². The van der Waals surface area contributed by atoms with Crippen LogP contribution >= 0.6 is 11.5 Å². The van der Waals surface area contributed by atoms with E-state index in [1.165, 1.54) is 41.7 Å². The van der Waals surface area contributed by atoms with Crippen molar-refractivity contribution in [2.24, 2.45) is 7.05 Å². The number of halogens is 3. The van der Waals surface area contributed by atoms with Crippen molar-refractivity contribution in [3.8, 4) is 23.1 Å². The molecule has 0 radical (unpaired) electrons. The van der Waals surface area contributed by atoms with Crippen LogP contribution in [-0.2, 0) is 13.2 Å². The summed E-state index contributed by atoms with van der Waals surface area (Å²) in [4.78, 5) is 17.1. The second-order valence-corrected chi connectivity index (χ2v) is 6.89. The summed E-state index contributed by atoms with van der Waals surface area (Å²) in [5, 5.41) is 23.3. The van der Waals surface area contributed by atoms with E-state index in [-0.39, 0.29) is 28.3 Å². The largest absolute Gasteiger partial charge is 0.420 e. The molecule has 0 atom stereocenters. The molecule has 0 aliphatic rings. The number of nitriles is 1. The van der Waals surface area contributed by atoms with E-state index in [9.17, 15) is 23.2 Å². The highest BCUT2D eigenvalue weighted by Crippen LogP contribution is 2.41. The van der Waals surface area contributed by atoms with E-state index in [1.54, 1.807) is 7.05 Å². The third kappa shape index (κ3) is 3.85. The van der Waals surface area contributed by atoms with Gasteiger partial charge in [-0.2, -0.15) is 38.1 Å². The number of nitrogens with one attached hydrogen (secondary N) is 1. The van der Waals surface area contributed by atoms with Gasteiger partial charge in [0.2, 0.25) is 0 Å². The molecule has 14 heteroatoms. The van der Waals surface area contributed by atoms with Gasteiger partial charge in [-0.1, -0.05) is 0 Å². The summed E-state index contributed by atoms with van der Waals surface area (Å²) in [6.45, 7) is 0. The number of aromatic nitrogens is 7. The number of amides is 1. The Morgan fingerprint density at radius 2 is 1.97 bits per heavy atom. The molecule has 4 aromatic heterocycles. The molecule has 0 aliphatic heterocycles. The molecule has 0 bridgehead atoms. The molecule has 156 valence electrons. The molecule has 0 unspecified atom stereocenters. The summed E-state index contributed by atoms with van der Waals surface area (Å²) in [7, 11) is 1.55. The molecule has 1 N–H and O–H groups in total. The van der Waals surface area contributed by atoms with Gasteiger partial charge in [0.15, 0.2) is 5.82 Å². The number of anilines is 1. The number of carbonyl (C=O) groups excluding carboxylic acids is 1. The third-order valence-electron chi connectivity index (χ3n) is 4.01. The fraction of sp³-hybridized carbons (Fsp3) is 0.118.